The standard InChI is InChI=1S/C13H16ClNO5S/c1-2-7-15-21(19,20)12-8-9(3-4-10(12)14)11(16)5-6-13(17)18/h3-4,8,15H,2,5-7H2,1H3,(H,17,18). The summed E-state index contributed by atoms with van der Waals surface area (Å²) in [6.07, 6.45) is 0.116. The molecule has 0 spiro atoms. The van der Waals surface area contributed by atoms with E-state index in [1.54, 1.807) is 0 Å². The monoisotopic (exact) mass is 333 g/mol. The van der Waals surface area contributed by atoms with Gasteiger partial charge < -0.3 is 5.11 Å². The first-order valence-corrected chi connectivity index (χ1v) is 8.18. The van der Waals surface area contributed by atoms with Crippen molar-refractivity contribution in [3.05, 3.63) is 28.8 Å². The average Bonchev–Trinajstić information content (AvgIpc) is 2.42. The van der Waals surface area contributed by atoms with E-state index in [9.17, 15) is 18.0 Å². The number of rotatable bonds is 8. The lowest BCUT2D eigenvalue weighted by atomic mass is 10.1. The number of ketones is 1. The molecule has 6 nitrogen and oxygen atoms in total. The zero-order valence-electron chi connectivity index (χ0n) is 11.4. The third-order valence-electron chi connectivity index (χ3n) is 2.65. The van der Waals surface area contributed by atoms with Crippen molar-refractivity contribution in [3.8, 4) is 0 Å². The van der Waals surface area contributed by atoms with Crippen molar-refractivity contribution in [2.45, 2.75) is 31.1 Å². The number of carboxylic acid groups (broad SMARTS) is 1. The Hall–Kier alpha value is -1.44. The Morgan fingerprint density at radius 3 is 2.52 bits per heavy atom. The van der Waals surface area contributed by atoms with Crippen LogP contribution in [0.4, 0.5) is 0 Å². The van der Waals surface area contributed by atoms with Gasteiger partial charge in [-0.3, -0.25) is 9.59 Å². The number of nitrogens with one attached hydrogen (secondary N) is 1. The summed E-state index contributed by atoms with van der Waals surface area (Å²) in [5, 5.41) is 8.56. The molecule has 0 bridgehead atoms. The number of Topliss-reactive ketones (excluding diaryl/α,β-unsaturated/α-hetero) is 1. The maximum atomic E-state index is 12.1. The molecule has 2 N–H and O–H groups in total. The quantitative estimate of drug-likeness (QED) is 0.709. The fourth-order valence-corrected chi connectivity index (χ4v) is 3.22. The SMILES string of the molecule is CCCNS(=O)(=O)c1cc(C(=O)CCC(=O)O)ccc1Cl. The van der Waals surface area contributed by atoms with Gasteiger partial charge in [0.25, 0.3) is 0 Å². The summed E-state index contributed by atoms with van der Waals surface area (Å²) in [5.41, 5.74) is 0.123. The number of sulfonamides is 1. The van der Waals surface area contributed by atoms with Crippen molar-refractivity contribution in [1.29, 1.82) is 0 Å². The highest BCUT2D eigenvalue weighted by molar-refractivity contribution is 7.89. The van der Waals surface area contributed by atoms with Crippen molar-refractivity contribution in [2.24, 2.45) is 0 Å². The summed E-state index contributed by atoms with van der Waals surface area (Å²) in [7, 11) is -3.79. The molecule has 1 aromatic carbocycles. The van der Waals surface area contributed by atoms with Crippen LogP contribution in [0, 0.1) is 0 Å². The molecule has 21 heavy (non-hydrogen) atoms. The van der Waals surface area contributed by atoms with Gasteiger partial charge in [0.15, 0.2) is 5.78 Å². The smallest absolute Gasteiger partial charge is 0.303 e. The van der Waals surface area contributed by atoms with E-state index in [0.717, 1.165) is 0 Å². The zero-order chi connectivity index (χ0) is 16.0. The Kier molecular flexibility index (Phi) is 6.32. The first-order chi connectivity index (χ1) is 9.77. The van der Waals surface area contributed by atoms with Crippen molar-refractivity contribution < 1.29 is 23.1 Å². The second-order valence-electron chi connectivity index (χ2n) is 4.36. The predicted octanol–water partition coefficient (Wildman–Crippen LogP) is 2.08. The van der Waals surface area contributed by atoms with Crippen molar-refractivity contribution in [2.75, 3.05) is 6.54 Å². The highest BCUT2D eigenvalue weighted by atomic mass is 35.5. The van der Waals surface area contributed by atoms with E-state index in [1.165, 1.54) is 18.2 Å². The van der Waals surface area contributed by atoms with E-state index in [1.807, 2.05) is 6.92 Å². The first-order valence-electron chi connectivity index (χ1n) is 6.32. The molecule has 0 aliphatic heterocycles. The molecule has 0 aromatic heterocycles. The number of hydrogen-bond donors (Lipinski definition) is 2. The summed E-state index contributed by atoms with van der Waals surface area (Å²) < 4.78 is 26.5. The number of hydrogen-bond acceptors (Lipinski definition) is 4. The van der Waals surface area contributed by atoms with Gasteiger partial charge in [-0.25, -0.2) is 13.1 Å². The van der Waals surface area contributed by atoms with Gasteiger partial charge in [-0.15, -0.1) is 0 Å². The Labute approximate surface area is 128 Å². The lowest BCUT2D eigenvalue weighted by Crippen LogP contribution is -2.25. The van der Waals surface area contributed by atoms with Crippen LogP contribution in [0.15, 0.2) is 23.1 Å². The lowest BCUT2D eigenvalue weighted by molar-refractivity contribution is -0.136. The fourth-order valence-electron chi connectivity index (χ4n) is 1.56. The molecule has 0 aliphatic rings. The summed E-state index contributed by atoms with van der Waals surface area (Å²) in [6, 6.07) is 3.87. The van der Waals surface area contributed by atoms with E-state index in [-0.39, 0.29) is 34.9 Å². The van der Waals surface area contributed by atoms with E-state index in [4.69, 9.17) is 16.7 Å². The zero-order valence-corrected chi connectivity index (χ0v) is 13.0. The topological polar surface area (TPSA) is 101 Å². The molecule has 0 amide bonds. The number of carboxylic acids is 1. The predicted molar refractivity (Wildman–Crippen MR) is 78.1 cm³/mol. The first kappa shape index (κ1) is 17.6. The van der Waals surface area contributed by atoms with Crippen LogP contribution in [0.25, 0.3) is 0 Å². The lowest BCUT2D eigenvalue weighted by Gasteiger charge is -2.09. The molecule has 0 unspecified atom stereocenters. The van der Waals surface area contributed by atoms with Crippen molar-refractivity contribution >= 4 is 33.4 Å². The second kappa shape index (κ2) is 7.53. The van der Waals surface area contributed by atoms with Gasteiger partial charge >= 0.3 is 5.97 Å². The third kappa shape index (κ3) is 5.11. The molecule has 0 saturated carbocycles. The summed E-state index contributed by atoms with van der Waals surface area (Å²) in [4.78, 5) is 22.1. The van der Waals surface area contributed by atoms with Crippen LogP contribution in [-0.2, 0) is 14.8 Å². The second-order valence-corrected chi connectivity index (χ2v) is 6.50. The molecule has 0 aliphatic carbocycles. The molecular formula is C13H16ClNO5S. The number of carbonyl (C=O) groups excluding carboxylic acids is 1. The van der Waals surface area contributed by atoms with Crippen LogP contribution in [0.3, 0.4) is 0 Å². The van der Waals surface area contributed by atoms with Crippen LogP contribution in [-0.4, -0.2) is 31.8 Å². The molecule has 0 saturated heterocycles. The van der Waals surface area contributed by atoms with Gasteiger partial charge in [0, 0.05) is 18.5 Å². The van der Waals surface area contributed by atoms with E-state index >= 15 is 0 Å². The number of halogens is 1. The maximum Gasteiger partial charge on any atom is 0.303 e. The molecule has 1 rings (SSSR count). The Bertz CT molecular complexity index is 642. The van der Waals surface area contributed by atoms with Gasteiger partial charge in [-0.05, 0) is 24.6 Å². The Morgan fingerprint density at radius 2 is 1.95 bits per heavy atom. The average molecular weight is 334 g/mol. The van der Waals surface area contributed by atoms with Crippen molar-refractivity contribution in [3.63, 3.8) is 0 Å². The fraction of sp³-hybridized carbons (Fsp3) is 0.385. The number of aliphatic carboxylic acids is 1. The summed E-state index contributed by atoms with van der Waals surface area (Å²) in [5.74, 6) is -1.53. The normalized spacial score (nSPS) is 11.3. The molecular weight excluding hydrogens is 318 g/mol. The van der Waals surface area contributed by atoms with Gasteiger partial charge in [-0.1, -0.05) is 18.5 Å². The molecule has 1 aromatic rings. The molecule has 8 heteroatoms. The summed E-state index contributed by atoms with van der Waals surface area (Å²) >= 11 is 5.87. The van der Waals surface area contributed by atoms with Gasteiger partial charge in [-0.2, -0.15) is 0 Å². The van der Waals surface area contributed by atoms with Crippen LogP contribution < -0.4 is 4.72 Å². The van der Waals surface area contributed by atoms with Crippen LogP contribution in [0.5, 0.6) is 0 Å². The van der Waals surface area contributed by atoms with Crippen LogP contribution in [0.2, 0.25) is 5.02 Å². The molecule has 0 radical (unpaired) electrons. The minimum absolute atomic E-state index is 0.00777. The largest absolute Gasteiger partial charge is 0.481 e. The van der Waals surface area contributed by atoms with Crippen LogP contribution >= 0.6 is 11.6 Å². The van der Waals surface area contributed by atoms with E-state index < -0.39 is 21.8 Å². The highest BCUT2D eigenvalue weighted by Gasteiger charge is 2.19. The number of carbonyl (C=O) groups is 2. The molecule has 0 fully saturated rings. The van der Waals surface area contributed by atoms with Crippen molar-refractivity contribution in [1.82, 2.24) is 4.72 Å². The molecule has 0 atom stereocenters. The Morgan fingerprint density at radius 1 is 1.29 bits per heavy atom. The highest BCUT2D eigenvalue weighted by Crippen LogP contribution is 2.23. The minimum atomic E-state index is -3.79. The van der Waals surface area contributed by atoms with Gasteiger partial charge in [0.05, 0.1) is 11.4 Å². The molecule has 0 heterocycles. The van der Waals surface area contributed by atoms with E-state index in [0.29, 0.717) is 6.42 Å². The van der Waals surface area contributed by atoms with Gasteiger partial charge in [0.1, 0.15) is 4.90 Å². The summed E-state index contributed by atoms with van der Waals surface area (Å²) in [6.45, 7) is 2.08. The third-order valence-corrected chi connectivity index (χ3v) is 4.59. The Balaban J connectivity index is 3.05. The van der Waals surface area contributed by atoms with Gasteiger partial charge in [0.2, 0.25) is 10.0 Å². The van der Waals surface area contributed by atoms with E-state index in [2.05, 4.69) is 4.72 Å². The number of benzene rings is 1. The minimum Gasteiger partial charge on any atom is -0.481 e. The maximum absolute atomic E-state index is 12.1. The molecule has 116 valence electrons. The van der Waals surface area contributed by atoms with Crippen LogP contribution in [0.1, 0.15) is 36.5 Å².